The second kappa shape index (κ2) is 12.1. The van der Waals surface area contributed by atoms with Crippen molar-refractivity contribution in [2.45, 2.75) is 91.0 Å². The Morgan fingerprint density at radius 1 is 0.905 bits per heavy atom. The summed E-state index contributed by atoms with van der Waals surface area (Å²) >= 11 is 1.80. The first-order valence-electron chi connectivity index (χ1n) is 8.87. The lowest BCUT2D eigenvalue weighted by atomic mass is 10.1. The Balaban J connectivity index is 2.21. The third-order valence-corrected chi connectivity index (χ3v) is 4.92. The molecule has 0 aliphatic carbocycles. The molecule has 0 saturated carbocycles. The number of nitrogens with zero attached hydrogens (tertiary/aromatic N) is 2. The number of aromatic nitrogens is 2. The van der Waals surface area contributed by atoms with E-state index in [0.717, 1.165) is 19.4 Å². The molecule has 0 aliphatic heterocycles. The molecule has 0 bridgehead atoms. The second-order valence-corrected chi connectivity index (χ2v) is 6.91. The molecule has 1 N–H and O–H groups in total. The van der Waals surface area contributed by atoms with E-state index in [2.05, 4.69) is 36.3 Å². The molecular formula is C17H33N3S. The summed E-state index contributed by atoms with van der Waals surface area (Å²) in [4.78, 5) is 0. The van der Waals surface area contributed by atoms with Crippen LogP contribution in [0.5, 0.6) is 0 Å². The van der Waals surface area contributed by atoms with Crippen molar-refractivity contribution in [3.8, 4) is 0 Å². The fourth-order valence-electron chi connectivity index (χ4n) is 2.47. The Morgan fingerprint density at radius 2 is 1.62 bits per heavy atom. The summed E-state index contributed by atoms with van der Waals surface area (Å²) in [5, 5.41) is 14.7. The normalized spacial score (nSPS) is 12.7. The third-order valence-electron chi connectivity index (χ3n) is 3.82. The molecular weight excluding hydrogens is 278 g/mol. The minimum absolute atomic E-state index is 0.394. The van der Waals surface area contributed by atoms with Crippen molar-refractivity contribution in [1.82, 2.24) is 15.5 Å². The van der Waals surface area contributed by atoms with Crippen molar-refractivity contribution in [2.75, 3.05) is 6.54 Å². The Hall–Kier alpha value is -0.480. The fraction of sp³-hybridized carbons (Fsp3) is 0.882. The first kappa shape index (κ1) is 18.6. The van der Waals surface area contributed by atoms with Gasteiger partial charge in [0.1, 0.15) is 10.0 Å². The van der Waals surface area contributed by atoms with E-state index in [1.165, 1.54) is 61.4 Å². The van der Waals surface area contributed by atoms with Crippen LogP contribution in [0, 0.1) is 0 Å². The molecule has 0 aliphatic rings. The quantitative estimate of drug-likeness (QED) is 0.503. The highest BCUT2D eigenvalue weighted by atomic mass is 32.1. The van der Waals surface area contributed by atoms with Crippen molar-refractivity contribution >= 4 is 11.3 Å². The van der Waals surface area contributed by atoms with E-state index in [0.29, 0.717) is 6.04 Å². The number of rotatable bonds is 13. The van der Waals surface area contributed by atoms with Crippen LogP contribution in [0.15, 0.2) is 0 Å². The van der Waals surface area contributed by atoms with Gasteiger partial charge in [-0.1, -0.05) is 70.6 Å². The summed E-state index contributed by atoms with van der Waals surface area (Å²) in [7, 11) is 0. The number of hydrogen-bond donors (Lipinski definition) is 1. The van der Waals surface area contributed by atoms with E-state index in [9.17, 15) is 0 Å². The van der Waals surface area contributed by atoms with Gasteiger partial charge in [-0.3, -0.25) is 0 Å². The third kappa shape index (κ3) is 7.91. The van der Waals surface area contributed by atoms with Crippen LogP contribution in [0.25, 0.3) is 0 Å². The minimum Gasteiger partial charge on any atom is -0.308 e. The van der Waals surface area contributed by atoms with Crippen molar-refractivity contribution in [3.05, 3.63) is 10.0 Å². The molecule has 0 aromatic carbocycles. The lowest BCUT2D eigenvalue weighted by molar-refractivity contribution is 0.512. The molecule has 1 atom stereocenters. The van der Waals surface area contributed by atoms with Crippen LogP contribution in [0.3, 0.4) is 0 Å². The van der Waals surface area contributed by atoms with Crippen LogP contribution in [-0.4, -0.2) is 16.7 Å². The number of unbranched alkanes of at least 4 members (excludes halogenated alkanes) is 6. The van der Waals surface area contributed by atoms with Gasteiger partial charge in [-0.15, -0.1) is 10.2 Å². The van der Waals surface area contributed by atoms with E-state index in [1.807, 2.05) is 0 Å². The molecule has 0 radical (unpaired) electrons. The summed E-state index contributed by atoms with van der Waals surface area (Å²) in [5.41, 5.74) is 0. The molecule has 1 heterocycles. The molecule has 0 amide bonds. The molecule has 1 rings (SSSR count). The zero-order valence-electron chi connectivity index (χ0n) is 14.2. The fourth-order valence-corrected chi connectivity index (χ4v) is 3.51. The maximum absolute atomic E-state index is 4.39. The molecule has 21 heavy (non-hydrogen) atoms. The molecule has 1 aromatic rings. The lowest BCUT2D eigenvalue weighted by Gasteiger charge is -2.12. The molecule has 0 spiro atoms. The zero-order valence-corrected chi connectivity index (χ0v) is 15.0. The van der Waals surface area contributed by atoms with Crippen LogP contribution in [-0.2, 0) is 6.42 Å². The molecule has 4 heteroatoms. The van der Waals surface area contributed by atoms with Gasteiger partial charge in [-0.05, 0) is 25.8 Å². The van der Waals surface area contributed by atoms with Crippen LogP contribution in [0.4, 0.5) is 0 Å². The van der Waals surface area contributed by atoms with Crippen molar-refractivity contribution in [1.29, 1.82) is 0 Å². The number of hydrogen-bond acceptors (Lipinski definition) is 4. The van der Waals surface area contributed by atoms with Gasteiger partial charge in [-0.25, -0.2) is 0 Å². The van der Waals surface area contributed by atoms with Crippen molar-refractivity contribution in [3.63, 3.8) is 0 Å². The Kier molecular flexibility index (Phi) is 10.7. The highest BCUT2D eigenvalue weighted by Crippen LogP contribution is 2.22. The van der Waals surface area contributed by atoms with Crippen molar-refractivity contribution in [2.24, 2.45) is 0 Å². The highest BCUT2D eigenvalue weighted by molar-refractivity contribution is 7.11. The molecule has 0 saturated heterocycles. The van der Waals surface area contributed by atoms with Gasteiger partial charge in [-0.2, -0.15) is 0 Å². The molecule has 1 unspecified atom stereocenters. The van der Waals surface area contributed by atoms with E-state index in [-0.39, 0.29) is 0 Å². The number of nitrogens with one attached hydrogen (secondary N) is 1. The Labute approximate surface area is 135 Å². The summed E-state index contributed by atoms with van der Waals surface area (Å²) < 4.78 is 0. The minimum atomic E-state index is 0.394. The van der Waals surface area contributed by atoms with E-state index < -0.39 is 0 Å². The van der Waals surface area contributed by atoms with Crippen LogP contribution >= 0.6 is 11.3 Å². The van der Waals surface area contributed by atoms with Crippen LogP contribution < -0.4 is 5.32 Å². The zero-order chi connectivity index (χ0) is 15.3. The summed E-state index contributed by atoms with van der Waals surface area (Å²) in [6.07, 6.45) is 12.9. The lowest BCUT2D eigenvalue weighted by Crippen LogP contribution is -2.21. The standard InChI is InChI=1S/C17H33N3S/c1-4-7-8-9-10-11-12-13-16-19-20-17(21-16)15(6-3)18-14-5-2/h15,18H,4-14H2,1-3H3. The monoisotopic (exact) mass is 311 g/mol. The predicted octanol–water partition coefficient (Wildman–Crippen LogP) is 5.28. The first-order chi connectivity index (χ1) is 10.3. The Bertz CT molecular complexity index is 352. The van der Waals surface area contributed by atoms with Gasteiger partial charge in [0.15, 0.2) is 0 Å². The van der Waals surface area contributed by atoms with E-state index >= 15 is 0 Å². The predicted molar refractivity (Wildman–Crippen MR) is 92.9 cm³/mol. The van der Waals surface area contributed by atoms with Gasteiger partial charge >= 0.3 is 0 Å². The highest BCUT2D eigenvalue weighted by Gasteiger charge is 2.13. The molecule has 3 nitrogen and oxygen atoms in total. The van der Waals surface area contributed by atoms with Gasteiger partial charge in [0.05, 0.1) is 6.04 Å². The maximum atomic E-state index is 4.39. The van der Waals surface area contributed by atoms with Crippen LogP contribution in [0.1, 0.15) is 94.6 Å². The van der Waals surface area contributed by atoms with E-state index in [1.54, 1.807) is 11.3 Å². The van der Waals surface area contributed by atoms with E-state index in [4.69, 9.17) is 0 Å². The molecule has 122 valence electrons. The average molecular weight is 312 g/mol. The van der Waals surface area contributed by atoms with Gasteiger partial charge in [0, 0.05) is 6.42 Å². The van der Waals surface area contributed by atoms with Crippen molar-refractivity contribution < 1.29 is 0 Å². The van der Waals surface area contributed by atoms with Crippen LogP contribution in [0.2, 0.25) is 0 Å². The largest absolute Gasteiger partial charge is 0.308 e. The summed E-state index contributed by atoms with van der Waals surface area (Å²) in [6.45, 7) is 7.74. The number of aryl methyl sites for hydroxylation is 1. The van der Waals surface area contributed by atoms with Gasteiger partial charge in [0.25, 0.3) is 0 Å². The van der Waals surface area contributed by atoms with Gasteiger partial charge < -0.3 is 5.32 Å². The molecule has 0 fully saturated rings. The topological polar surface area (TPSA) is 37.8 Å². The Morgan fingerprint density at radius 3 is 2.29 bits per heavy atom. The second-order valence-electron chi connectivity index (χ2n) is 5.82. The van der Waals surface area contributed by atoms with Gasteiger partial charge in [0.2, 0.25) is 0 Å². The smallest absolute Gasteiger partial charge is 0.134 e. The molecule has 1 aromatic heterocycles. The first-order valence-corrected chi connectivity index (χ1v) is 9.69. The SMILES string of the molecule is CCCCCCCCCc1nnc(C(CC)NCCC)s1. The average Bonchev–Trinajstić information content (AvgIpc) is 2.96. The summed E-state index contributed by atoms with van der Waals surface area (Å²) in [6, 6.07) is 0.394. The summed E-state index contributed by atoms with van der Waals surface area (Å²) in [5.74, 6) is 0. The maximum Gasteiger partial charge on any atom is 0.134 e.